The molecule has 0 radical (unpaired) electrons. The van der Waals surface area contributed by atoms with Crippen molar-refractivity contribution in [3.8, 4) is 6.07 Å². The van der Waals surface area contributed by atoms with E-state index in [0.717, 1.165) is 24.0 Å². The van der Waals surface area contributed by atoms with Gasteiger partial charge in [0.1, 0.15) is 5.41 Å². The van der Waals surface area contributed by atoms with E-state index in [2.05, 4.69) is 11.4 Å². The Kier molecular flexibility index (Phi) is 6.09. The first-order chi connectivity index (χ1) is 12.2. The molecule has 0 bridgehead atoms. The summed E-state index contributed by atoms with van der Waals surface area (Å²) >= 11 is 0. The fourth-order valence-electron chi connectivity index (χ4n) is 3.43. The Balaban J connectivity index is 2.43. The Morgan fingerprint density at radius 1 is 1.23 bits per heavy atom. The van der Waals surface area contributed by atoms with Crippen LogP contribution in [0.4, 0.5) is 5.69 Å². The minimum atomic E-state index is -3.62. The number of hydrogen-bond acceptors (Lipinski definition) is 4. The number of rotatable bonds is 6. The number of sulfonamides is 1. The lowest BCUT2D eigenvalue weighted by molar-refractivity contribution is -0.122. The molecule has 1 N–H and O–H groups in total. The maximum Gasteiger partial charge on any atom is 0.244 e. The SMILES string of the molecule is CCN(CC)S(=O)(=O)c1cc(C)c(C)c(NC(=O)C2(C#N)CCCC2)c1. The van der Waals surface area contributed by atoms with Gasteiger partial charge in [-0.05, 0) is 49.9 Å². The molecule has 1 saturated carbocycles. The molecule has 2 rings (SSSR count). The van der Waals surface area contributed by atoms with Crippen molar-refractivity contribution in [1.29, 1.82) is 5.26 Å². The zero-order valence-corrected chi connectivity index (χ0v) is 16.7. The average Bonchev–Trinajstić information content (AvgIpc) is 3.09. The minimum absolute atomic E-state index is 0.164. The van der Waals surface area contributed by atoms with Gasteiger partial charge in [0, 0.05) is 18.8 Å². The number of carbonyl (C=O) groups is 1. The number of benzene rings is 1. The van der Waals surface area contributed by atoms with Gasteiger partial charge in [0.25, 0.3) is 0 Å². The largest absolute Gasteiger partial charge is 0.324 e. The van der Waals surface area contributed by atoms with Gasteiger partial charge in [0.05, 0.1) is 11.0 Å². The third-order valence-electron chi connectivity index (χ3n) is 5.34. The topological polar surface area (TPSA) is 90.3 Å². The summed E-state index contributed by atoms with van der Waals surface area (Å²) in [6, 6.07) is 5.32. The maximum atomic E-state index is 12.8. The van der Waals surface area contributed by atoms with Crippen molar-refractivity contribution in [3.63, 3.8) is 0 Å². The van der Waals surface area contributed by atoms with Gasteiger partial charge in [-0.25, -0.2) is 8.42 Å². The molecule has 6 nitrogen and oxygen atoms in total. The second kappa shape index (κ2) is 7.77. The van der Waals surface area contributed by atoms with E-state index in [1.165, 1.54) is 10.4 Å². The van der Waals surface area contributed by atoms with Gasteiger partial charge in [-0.15, -0.1) is 0 Å². The molecule has 0 aromatic heterocycles. The number of nitriles is 1. The first kappa shape index (κ1) is 20.4. The first-order valence-electron chi connectivity index (χ1n) is 9.06. The van der Waals surface area contributed by atoms with E-state index in [-0.39, 0.29) is 10.8 Å². The van der Waals surface area contributed by atoms with Crippen molar-refractivity contribution in [1.82, 2.24) is 4.31 Å². The summed E-state index contributed by atoms with van der Waals surface area (Å²) in [5, 5.41) is 12.3. The quantitative estimate of drug-likeness (QED) is 0.823. The predicted octanol–water partition coefficient (Wildman–Crippen LogP) is 3.36. The Bertz CT molecular complexity index is 830. The summed E-state index contributed by atoms with van der Waals surface area (Å²) in [6.45, 7) is 8.01. The van der Waals surface area contributed by atoms with Gasteiger partial charge in [0.15, 0.2) is 0 Å². The summed E-state index contributed by atoms with van der Waals surface area (Å²) in [6.07, 6.45) is 2.81. The zero-order valence-electron chi connectivity index (χ0n) is 15.9. The number of aryl methyl sites for hydroxylation is 1. The van der Waals surface area contributed by atoms with Gasteiger partial charge in [-0.1, -0.05) is 26.7 Å². The monoisotopic (exact) mass is 377 g/mol. The number of amides is 1. The Morgan fingerprint density at radius 2 is 1.81 bits per heavy atom. The molecule has 142 valence electrons. The van der Waals surface area contributed by atoms with Gasteiger partial charge < -0.3 is 5.32 Å². The molecule has 1 fully saturated rings. The van der Waals surface area contributed by atoms with Crippen molar-refractivity contribution in [3.05, 3.63) is 23.3 Å². The summed E-state index contributed by atoms with van der Waals surface area (Å²) < 4.78 is 27.0. The molecule has 26 heavy (non-hydrogen) atoms. The highest BCUT2D eigenvalue weighted by molar-refractivity contribution is 7.89. The predicted molar refractivity (Wildman–Crippen MR) is 101 cm³/mol. The van der Waals surface area contributed by atoms with E-state index in [9.17, 15) is 18.5 Å². The minimum Gasteiger partial charge on any atom is -0.324 e. The summed E-state index contributed by atoms with van der Waals surface area (Å²) in [4.78, 5) is 12.9. The lowest BCUT2D eigenvalue weighted by Crippen LogP contribution is -2.33. The van der Waals surface area contributed by atoms with Crippen molar-refractivity contribution in [2.45, 2.75) is 58.3 Å². The van der Waals surface area contributed by atoms with Crippen LogP contribution in [0.25, 0.3) is 0 Å². The third kappa shape index (κ3) is 3.62. The first-order valence-corrected chi connectivity index (χ1v) is 10.5. The zero-order chi connectivity index (χ0) is 19.5. The van der Waals surface area contributed by atoms with Crippen LogP contribution in [0.1, 0.15) is 50.7 Å². The summed E-state index contributed by atoms with van der Waals surface area (Å²) in [5.74, 6) is -0.336. The van der Waals surface area contributed by atoms with Gasteiger partial charge in [0.2, 0.25) is 15.9 Å². The molecule has 1 amide bonds. The molecular formula is C19H27N3O3S. The number of carbonyl (C=O) groups excluding carboxylic acids is 1. The van der Waals surface area contributed by atoms with Crippen LogP contribution in [-0.4, -0.2) is 31.7 Å². The fraction of sp³-hybridized carbons (Fsp3) is 0.579. The molecule has 0 heterocycles. The Hall–Kier alpha value is -1.91. The lowest BCUT2D eigenvalue weighted by atomic mass is 9.87. The van der Waals surface area contributed by atoms with Crippen molar-refractivity contribution >= 4 is 21.6 Å². The molecule has 1 aliphatic rings. The lowest BCUT2D eigenvalue weighted by Gasteiger charge is -2.23. The Morgan fingerprint density at radius 3 is 2.31 bits per heavy atom. The molecule has 0 atom stereocenters. The van der Waals surface area contributed by atoms with E-state index in [1.54, 1.807) is 19.9 Å². The van der Waals surface area contributed by atoms with Crippen LogP contribution in [0.15, 0.2) is 17.0 Å². The summed E-state index contributed by atoms with van der Waals surface area (Å²) in [5.41, 5.74) is 1.05. The van der Waals surface area contributed by atoms with Crippen LogP contribution in [0.3, 0.4) is 0 Å². The van der Waals surface area contributed by atoms with Crippen LogP contribution in [0, 0.1) is 30.6 Å². The van der Waals surface area contributed by atoms with Crippen molar-refractivity contribution in [2.75, 3.05) is 18.4 Å². The molecule has 1 aromatic rings. The molecule has 7 heteroatoms. The number of hydrogen-bond donors (Lipinski definition) is 1. The van der Waals surface area contributed by atoms with Gasteiger partial charge in [-0.3, -0.25) is 4.79 Å². The second-order valence-corrected chi connectivity index (χ2v) is 8.80. The number of nitrogens with one attached hydrogen (secondary N) is 1. The van der Waals surface area contributed by atoms with E-state index in [0.29, 0.717) is 31.6 Å². The second-order valence-electron chi connectivity index (χ2n) is 6.86. The molecular weight excluding hydrogens is 350 g/mol. The standard InChI is InChI=1S/C19H27N3O3S/c1-5-22(6-2)26(24,25)16-11-14(3)15(4)17(12-16)21-18(23)19(13-20)9-7-8-10-19/h11-12H,5-10H2,1-4H3,(H,21,23). The average molecular weight is 378 g/mol. The van der Waals surface area contributed by atoms with E-state index in [4.69, 9.17) is 0 Å². The highest BCUT2D eigenvalue weighted by atomic mass is 32.2. The van der Waals surface area contributed by atoms with Crippen LogP contribution < -0.4 is 5.32 Å². The van der Waals surface area contributed by atoms with Gasteiger partial charge in [-0.2, -0.15) is 9.57 Å². The number of nitrogens with zero attached hydrogens (tertiary/aromatic N) is 2. The van der Waals surface area contributed by atoms with Crippen LogP contribution in [0.2, 0.25) is 0 Å². The number of anilines is 1. The smallest absolute Gasteiger partial charge is 0.244 e. The molecule has 0 aliphatic heterocycles. The van der Waals surface area contributed by atoms with Crippen molar-refractivity contribution in [2.24, 2.45) is 5.41 Å². The van der Waals surface area contributed by atoms with Crippen LogP contribution in [0.5, 0.6) is 0 Å². The third-order valence-corrected chi connectivity index (χ3v) is 7.37. The van der Waals surface area contributed by atoms with Crippen molar-refractivity contribution < 1.29 is 13.2 Å². The highest BCUT2D eigenvalue weighted by Crippen LogP contribution is 2.39. The Labute approximate surface area is 156 Å². The van der Waals surface area contributed by atoms with Crippen LogP contribution >= 0.6 is 0 Å². The normalized spacial score (nSPS) is 16.5. The molecule has 1 aromatic carbocycles. The van der Waals surface area contributed by atoms with E-state index >= 15 is 0 Å². The fourth-order valence-corrected chi connectivity index (χ4v) is 5.00. The highest BCUT2D eigenvalue weighted by Gasteiger charge is 2.41. The van der Waals surface area contributed by atoms with E-state index in [1.807, 2.05) is 13.8 Å². The van der Waals surface area contributed by atoms with E-state index < -0.39 is 15.4 Å². The van der Waals surface area contributed by atoms with Gasteiger partial charge >= 0.3 is 0 Å². The maximum absolute atomic E-state index is 12.8. The van der Waals surface area contributed by atoms with Crippen LogP contribution in [-0.2, 0) is 14.8 Å². The molecule has 0 spiro atoms. The summed E-state index contributed by atoms with van der Waals surface area (Å²) in [7, 11) is -3.62. The molecule has 1 aliphatic carbocycles. The molecule has 0 unspecified atom stereocenters. The molecule has 0 saturated heterocycles.